The van der Waals surface area contributed by atoms with Crippen molar-refractivity contribution in [3.8, 4) is 17.2 Å². The fourth-order valence-electron chi connectivity index (χ4n) is 7.21. The molecule has 13 heteroatoms. The zero-order valence-electron chi connectivity index (χ0n) is 29.5. The molecule has 0 spiro atoms. The molecule has 3 atom stereocenters. The number of ether oxygens (including phenoxy) is 3. The van der Waals surface area contributed by atoms with Crippen molar-refractivity contribution in [2.75, 3.05) is 79.7 Å². The lowest BCUT2D eigenvalue weighted by atomic mass is 9.84. The molecule has 2 fully saturated rings. The van der Waals surface area contributed by atoms with Crippen LogP contribution in [0.4, 0.5) is 10.5 Å². The number of unbranched alkanes of at least 4 members (excludes halogenated alkanes) is 1. The van der Waals surface area contributed by atoms with Crippen LogP contribution in [0.5, 0.6) is 17.2 Å². The van der Waals surface area contributed by atoms with Gasteiger partial charge in [0.1, 0.15) is 6.54 Å². The van der Waals surface area contributed by atoms with E-state index >= 15 is 0 Å². The average molecular weight is 681 g/mol. The third-order valence-electron chi connectivity index (χ3n) is 9.62. The predicted octanol–water partition coefficient (Wildman–Crippen LogP) is 3.61. The van der Waals surface area contributed by atoms with Gasteiger partial charge in [0.2, 0.25) is 24.4 Å². The molecule has 5 rings (SSSR count). The number of urea groups is 1. The van der Waals surface area contributed by atoms with Crippen LogP contribution in [0.3, 0.4) is 0 Å². The quantitative estimate of drug-likeness (QED) is 0.298. The van der Waals surface area contributed by atoms with Crippen molar-refractivity contribution in [2.45, 2.75) is 51.1 Å². The Kier molecular flexibility index (Phi) is 11.0. The number of carboxylic acids is 1. The summed E-state index contributed by atoms with van der Waals surface area (Å²) in [6.45, 7) is 4.28. The first-order chi connectivity index (χ1) is 23.3. The van der Waals surface area contributed by atoms with E-state index < -0.39 is 29.9 Å². The van der Waals surface area contributed by atoms with E-state index in [1.165, 1.54) is 14.2 Å². The smallest absolute Gasteiger partial charge is 0.326 e. The van der Waals surface area contributed by atoms with Gasteiger partial charge in [-0.05, 0) is 42.7 Å². The number of methoxy groups -OCH3 is 1. The number of quaternary nitrogens is 1. The molecule has 266 valence electrons. The number of amides is 4. The number of likely N-dealkylation sites (tertiary alicyclic amines) is 1. The highest BCUT2D eigenvalue weighted by Gasteiger charge is 2.48. The number of hydrogen-bond acceptors (Lipinski definition) is 8. The number of carboxylic acid groups (broad SMARTS) is 1. The van der Waals surface area contributed by atoms with Crippen LogP contribution in [-0.2, 0) is 20.9 Å². The number of carbonyl (C=O) groups is 4. The third kappa shape index (κ3) is 8.10. The Bertz CT molecular complexity index is 1560. The zero-order chi connectivity index (χ0) is 35.5. The lowest BCUT2D eigenvalue weighted by Crippen LogP contribution is -2.52. The molecule has 0 saturated carbocycles. The van der Waals surface area contributed by atoms with Crippen LogP contribution >= 0.6 is 0 Å². The van der Waals surface area contributed by atoms with Crippen molar-refractivity contribution in [2.24, 2.45) is 5.92 Å². The fraction of sp³-hybridized carbons (Fsp3) is 0.556. The maximum absolute atomic E-state index is 14.3. The number of imide groups is 1. The Hall–Kier alpha value is -4.36. The maximum atomic E-state index is 14.3. The Balaban J connectivity index is 1.47. The van der Waals surface area contributed by atoms with Crippen LogP contribution in [0.15, 0.2) is 36.4 Å². The molecule has 2 aromatic carbocycles. The Morgan fingerprint density at radius 2 is 1.90 bits per heavy atom. The third-order valence-corrected chi connectivity index (χ3v) is 9.62. The van der Waals surface area contributed by atoms with E-state index in [2.05, 4.69) is 40.2 Å². The minimum atomic E-state index is -0.991. The van der Waals surface area contributed by atoms with Crippen LogP contribution in [0.1, 0.15) is 49.7 Å². The van der Waals surface area contributed by atoms with Crippen molar-refractivity contribution in [1.82, 2.24) is 14.7 Å². The van der Waals surface area contributed by atoms with E-state index in [9.17, 15) is 24.3 Å². The standard InChI is InChI=1S/C36H49N5O8/c1-7-8-14-40(26-11-9-10-24(17-26)22-41(3,4)5)32(43)21-39-20-27(25-18-29(47-6)34-30(19-25)48-23-49-34)33(35(44)45)28(39)12-15-38-16-13-31(42)37(2)36(38)46/h9-11,17-19,27-28,33H,7-8,12-16,20-23H2,1-6H3/p+1/t27-,28+,33?/m1/s1. The summed E-state index contributed by atoms with van der Waals surface area (Å²) in [5, 5.41) is 10.7. The van der Waals surface area contributed by atoms with Crippen LogP contribution in [-0.4, -0.2) is 129 Å². The first kappa shape index (κ1) is 35.9. The number of nitrogens with zero attached hydrogens (tertiary/aromatic N) is 5. The second kappa shape index (κ2) is 15.0. The second-order valence-corrected chi connectivity index (χ2v) is 14.2. The number of anilines is 1. The summed E-state index contributed by atoms with van der Waals surface area (Å²) < 4.78 is 17.6. The Labute approximate surface area is 288 Å². The number of hydrogen-bond donors (Lipinski definition) is 1. The van der Waals surface area contributed by atoms with E-state index in [0.29, 0.717) is 42.3 Å². The summed E-state index contributed by atoms with van der Waals surface area (Å²) in [6.07, 6.45) is 2.24. The van der Waals surface area contributed by atoms with Crippen molar-refractivity contribution in [1.29, 1.82) is 0 Å². The van der Waals surface area contributed by atoms with Gasteiger partial charge in [-0.2, -0.15) is 0 Å². The van der Waals surface area contributed by atoms with E-state index in [0.717, 1.165) is 40.0 Å². The largest absolute Gasteiger partial charge is 0.493 e. The molecule has 0 radical (unpaired) electrons. The molecule has 3 aliphatic heterocycles. The van der Waals surface area contributed by atoms with Crippen LogP contribution in [0, 0.1) is 5.92 Å². The first-order valence-corrected chi connectivity index (χ1v) is 17.0. The molecule has 1 N–H and O–H groups in total. The average Bonchev–Trinajstić information content (AvgIpc) is 3.67. The molecular formula is C36H50N5O8+. The van der Waals surface area contributed by atoms with Crippen LogP contribution < -0.4 is 19.1 Å². The van der Waals surface area contributed by atoms with Gasteiger partial charge in [0.25, 0.3) is 0 Å². The van der Waals surface area contributed by atoms with Crippen molar-refractivity contribution in [3.63, 3.8) is 0 Å². The lowest BCUT2D eigenvalue weighted by molar-refractivity contribution is -0.884. The zero-order valence-corrected chi connectivity index (χ0v) is 29.5. The normalized spacial score (nSPS) is 21.0. The molecule has 2 aromatic rings. The van der Waals surface area contributed by atoms with Crippen LogP contribution in [0.25, 0.3) is 0 Å². The molecule has 1 unspecified atom stereocenters. The molecule has 3 aliphatic rings. The van der Waals surface area contributed by atoms with E-state index in [1.54, 1.807) is 17.0 Å². The second-order valence-electron chi connectivity index (χ2n) is 14.2. The monoisotopic (exact) mass is 680 g/mol. The number of aliphatic carboxylic acids is 1. The summed E-state index contributed by atoms with van der Waals surface area (Å²) in [4.78, 5) is 59.0. The number of benzene rings is 2. The SMILES string of the molecule is CCCCN(C(=O)CN1C[C@H](c2cc(OC)c3c(c2)OCO3)C(C(=O)O)[C@@H]1CCN1CCC(=O)N(C)C1=O)c1cccc(C[N+](C)(C)C)c1. The molecule has 0 bridgehead atoms. The van der Waals surface area contributed by atoms with Gasteiger partial charge in [-0.15, -0.1) is 0 Å². The highest BCUT2D eigenvalue weighted by Crippen LogP contribution is 2.47. The number of carbonyl (C=O) groups excluding carboxylic acids is 3. The predicted molar refractivity (Wildman–Crippen MR) is 183 cm³/mol. The van der Waals surface area contributed by atoms with Gasteiger partial charge in [0, 0.05) is 62.9 Å². The van der Waals surface area contributed by atoms with Gasteiger partial charge in [0.05, 0.1) is 40.7 Å². The highest BCUT2D eigenvalue weighted by atomic mass is 16.7. The molecule has 13 nitrogen and oxygen atoms in total. The lowest BCUT2D eigenvalue weighted by Gasteiger charge is -2.34. The fourth-order valence-corrected chi connectivity index (χ4v) is 7.21. The summed E-state index contributed by atoms with van der Waals surface area (Å²) in [7, 11) is 9.35. The van der Waals surface area contributed by atoms with E-state index in [-0.39, 0.29) is 44.7 Å². The molecule has 2 saturated heterocycles. The van der Waals surface area contributed by atoms with Crippen molar-refractivity contribution < 1.29 is 43.0 Å². The molecule has 4 amide bonds. The van der Waals surface area contributed by atoms with E-state index in [1.807, 2.05) is 21.9 Å². The van der Waals surface area contributed by atoms with Gasteiger partial charge < -0.3 is 33.6 Å². The van der Waals surface area contributed by atoms with Crippen LogP contribution in [0.2, 0.25) is 0 Å². The molecule has 3 heterocycles. The van der Waals surface area contributed by atoms with Crippen molar-refractivity contribution in [3.05, 3.63) is 47.5 Å². The topological polar surface area (TPSA) is 129 Å². The molecular weight excluding hydrogens is 630 g/mol. The highest BCUT2D eigenvalue weighted by molar-refractivity contribution is 5.96. The minimum Gasteiger partial charge on any atom is -0.493 e. The minimum absolute atomic E-state index is 0.00223. The Morgan fingerprint density at radius 3 is 2.59 bits per heavy atom. The van der Waals surface area contributed by atoms with E-state index in [4.69, 9.17) is 14.2 Å². The Morgan fingerprint density at radius 1 is 1.12 bits per heavy atom. The summed E-state index contributed by atoms with van der Waals surface area (Å²) in [6, 6.07) is 10.7. The molecule has 0 aromatic heterocycles. The number of fused-ring (bicyclic) bond motifs is 1. The van der Waals surface area contributed by atoms with Gasteiger partial charge >= 0.3 is 12.0 Å². The molecule has 0 aliphatic carbocycles. The summed E-state index contributed by atoms with van der Waals surface area (Å²) in [5.74, 6) is -1.34. The molecule has 49 heavy (non-hydrogen) atoms. The summed E-state index contributed by atoms with van der Waals surface area (Å²) >= 11 is 0. The maximum Gasteiger partial charge on any atom is 0.326 e. The van der Waals surface area contributed by atoms with Gasteiger partial charge in [0.15, 0.2) is 11.5 Å². The van der Waals surface area contributed by atoms with Crippen molar-refractivity contribution >= 4 is 29.5 Å². The number of rotatable bonds is 14. The van der Waals surface area contributed by atoms with Gasteiger partial charge in [-0.1, -0.05) is 25.5 Å². The summed E-state index contributed by atoms with van der Waals surface area (Å²) in [5.41, 5.74) is 2.65. The van der Waals surface area contributed by atoms with Gasteiger partial charge in [-0.3, -0.25) is 24.2 Å². The first-order valence-electron chi connectivity index (χ1n) is 17.0. The van der Waals surface area contributed by atoms with Gasteiger partial charge in [-0.25, -0.2) is 4.79 Å².